The first-order valence-corrected chi connectivity index (χ1v) is 9.57. The fraction of sp³-hybridized carbons (Fsp3) is 0.364. The van der Waals surface area contributed by atoms with Gasteiger partial charge >= 0.3 is 5.97 Å². The third-order valence-electron chi connectivity index (χ3n) is 4.75. The quantitative estimate of drug-likeness (QED) is 0.754. The summed E-state index contributed by atoms with van der Waals surface area (Å²) >= 11 is 0. The zero-order valence-corrected chi connectivity index (χ0v) is 16.9. The van der Waals surface area contributed by atoms with Crippen LogP contribution in [0.25, 0.3) is 0 Å². The summed E-state index contributed by atoms with van der Waals surface area (Å²) in [5.41, 5.74) is 2.68. The van der Waals surface area contributed by atoms with Crippen LogP contribution in [0.15, 0.2) is 42.5 Å². The fourth-order valence-electron chi connectivity index (χ4n) is 3.05. The Labute approximate surface area is 170 Å². The minimum Gasteiger partial charge on any atom is -0.481 e. The van der Waals surface area contributed by atoms with Crippen molar-refractivity contribution in [1.29, 1.82) is 0 Å². The van der Waals surface area contributed by atoms with E-state index < -0.39 is 12.1 Å². The van der Waals surface area contributed by atoms with E-state index in [0.717, 1.165) is 24.3 Å². The van der Waals surface area contributed by atoms with E-state index >= 15 is 0 Å². The first-order valence-electron chi connectivity index (χ1n) is 9.57. The van der Waals surface area contributed by atoms with Gasteiger partial charge in [0, 0.05) is 18.8 Å². The predicted molar refractivity (Wildman–Crippen MR) is 111 cm³/mol. The van der Waals surface area contributed by atoms with Crippen LogP contribution in [0.2, 0.25) is 0 Å². The van der Waals surface area contributed by atoms with E-state index in [1.165, 1.54) is 7.11 Å². The van der Waals surface area contributed by atoms with Gasteiger partial charge in [-0.2, -0.15) is 0 Å². The molecule has 0 spiro atoms. The van der Waals surface area contributed by atoms with Crippen molar-refractivity contribution >= 4 is 23.3 Å². The Balaban J connectivity index is 1.74. The molecule has 1 unspecified atom stereocenters. The van der Waals surface area contributed by atoms with Crippen LogP contribution < -0.4 is 15.0 Å². The Bertz CT molecular complexity index is 860. The van der Waals surface area contributed by atoms with Gasteiger partial charge in [-0.15, -0.1) is 0 Å². The van der Waals surface area contributed by atoms with Crippen molar-refractivity contribution in [1.82, 2.24) is 0 Å². The summed E-state index contributed by atoms with van der Waals surface area (Å²) in [6.45, 7) is 6.41. The summed E-state index contributed by atoms with van der Waals surface area (Å²) < 4.78 is 16.0. The smallest absolute Gasteiger partial charge is 0.340 e. The van der Waals surface area contributed by atoms with Gasteiger partial charge < -0.3 is 24.4 Å². The molecule has 0 radical (unpaired) electrons. The number of anilines is 2. The lowest BCUT2D eigenvalue weighted by Crippen LogP contribution is -2.36. The van der Waals surface area contributed by atoms with Crippen LogP contribution in [0.5, 0.6) is 5.75 Å². The predicted octanol–water partition coefficient (Wildman–Crippen LogP) is 3.02. The molecule has 1 N–H and O–H groups in total. The molecule has 0 aliphatic carbocycles. The number of aryl methyl sites for hydroxylation is 1. The average Bonchev–Trinajstić information content (AvgIpc) is 2.75. The molecule has 3 rings (SSSR count). The van der Waals surface area contributed by atoms with Crippen LogP contribution >= 0.6 is 0 Å². The maximum atomic E-state index is 12.6. The van der Waals surface area contributed by atoms with Crippen LogP contribution in [0, 0.1) is 6.92 Å². The van der Waals surface area contributed by atoms with Crippen molar-refractivity contribution in [3.63, 3.8) is 0 Å². The zero-order chi connectivity index (χ0) is 20.8. The number of nitrogens with zero attached hydrogens (tertiary/aromatic N) is 1. The minimum absolute atomic E-state index is 0.298. The van der Waals surface area contributed by atoms with E-state index in [1.54, 1.807) is 19.1 Å². The number of amides is 1. The van der Waals surface area contributed by atoms with Gasteiger partial charge in [0.15, 0.2) is 6.10 Å². The van der Waals surface area contributed by atoms with Crippen LogP contribution in [-0.2, 0) is 14.3 Å². The van der Waals surface area contributed by atoms with Crippen molar-refractivity contribution in [3.8, 4) is 5.75 Å². The Morgan fingerprint density at radius 2 is 1.79 bits per heavy atom. The molecule has 0 bridgehead atoms. The number of morpholine rings is 1. The highest BCUT2D eigenvalue weighted by molar-refractivity contribution is 6.03. The average molecular weight is 398 g/mol. The van der Waals surface area contributed by atoms with Gasteiger partial charge in [-0.1, -0.05) is 17.7 Å². The topological polar surface area (TPSA) is 77.1 Å². The summed E-state index contributed by atoms with van der Waals surface area (Å²) in [5.74, 6) is -0.258. The summed E-state index contributed by atoms with van der Waals surface area (Å²) in [4.78, 5) is 27.0. The second kappa shape index (κ2) is 9.43. The summed E-state index contributed by atoms with van der Waals surface area (Å²) in [7, 11) is 1.32. The number of ether oxygens (including phenoxy) is 3. The van der Waals surface area contributed by atoms with E-state index in [9.17, 15) is 9.59 Å². The molecule has 1 aliphatic rings. The monoisotopic (exact) mass is 398 g/mol. The third-order valence-corrected chi connectivity index (χ3v) is 4.75. The van der Waals surface area contributed by atoms with Crippen molar-refractivity contribution in [2.45, 2.75) is 20.0 Å². The number of rotatable bonds is 6. The first-order chi connectivity index (χ1) is 14.0. The molecule has 1 saturated heterocycles. The molecule has 1 amide bonds. The Hall–Kier alpha value is -3.06. The highest BCUT2D eigenvalue weighted by Gasteiger charge is 2.21. The van der Waals surface area contributed by atoms with E-state index in [-0.39, 0.29) is 5.91 Å². The van der Waals surface area contributed by atoms with E-state index in [0.29, 0.717) is 30.2 Å². The third kappa shape index (κ3) is 5.26. The second-order valence-electron chi connectivity index (χ2n) is 6.88. The lowest BCUT2D eigenvalue weighted by Gasteiger charge is -2.29. The molecule has 1 atom stereocenters. The second-order valence-corrected chi connectivity index (χ2v) is 6.88. The molecule has 1 fully saturated rings. The molecule has 7 nitrogen and oxygen atoms in total. The Morgan fingerprint density at radius 3 is 2.45 bits per heavy atom. The normalized spacial score (nSPS) is 14.8. The lowest BCUT2D eigenvalue weighted by molar-refractivity contribution is -0.122. The number of nitrogens with one attached hydrogen (secondary N) is 1. The highest BCUT2D eigenvalue weighted by atomic mass is 16.5. The fourth-order valence-corrected chi connectivity index (χ4v) is 3.05. The number of carbonyl (C=O) groups is 2. The maximum Gasteiger partial charge on any atom is 0.340 e. The van der Waals surface area contributed by atoms with Crippen molar-refractivity contribution in [2.24, 2.45) is 0 Å². The van der Waals surface area contributed by atoms with Gasteiger partial charge in [0.25, 0.3) is 5.91 Å². The first kappa shape index (κ1) is 20.7. The van der Waals surface area contributed by atoms with Crippen LogP contribution in [-0.4, -0.2) is 51.4 Å². The summed E-state index contributed by atoms with van der Waals surface area (Å²) in [6, 6.07) is 12.8. The van der Waals surface area contributed by atoms with E-state index in [4.69, 9.17) is 14.2 Å². The molecule has 0 aromatic heterocycles. The number of hydrogen-bond donors (Lipinski definition) is 1. The number of esters is 1. The van der Waals surface area contributed by atoms with Crippen molar-refractivity contribution < 1.29 is 23.8 Å². The number of methoxy groups -OCH3 is 1. The molecule has 2 aromatic carbocycles. The Morgan fingerprint density at radius 1 is 1.10 bits per heavy atom. The van der Waals surface area contributed by atoms with Crippen LogP contribution in [0.1, 0.15) is 22.8 Å². The number of benzene rings is 2. The Kier molecular flexibility index (Phi) is 6.72. The molecule has 0 saturated carbocycles. The minimum atomic E-state index is -0.734. The van der Waals surface area contributed by atoms with Gasteiger partial charge in [0.2, 0.25) is 0 Å². The van der Waals surface area contributed by atoms with Gasteiger partial charge in [0.05, 0.1) is 31.6 Å². The molecular weight excluding hydrogens is 372 g/mol. The molecule has 1 aliphatic heterocycles. The maximum absolute atomic E-state index is 12.6. The molecular formula is C22H26N2O5. The largest absolute Gasteiger partial charge is 0.481 e. The molecule has 154 valence electrons. The SMILES string of the molecule is COC(=O)c1cc(N2CCOCC2)ccc1NC(=O)C(C)Oc1ccc(C)cc1. The van der Waals surface area contributed by atoms with Gasteiger partial charge in [-0.3, -0.25) is 4.79 Å². The van der Waals surface area contributed by atoms with Crippen molar-refractivity contribution in [2.75, 3.05) is 43.6 Å². The van der Waals surface area contributed by atoms with E-state index in [2.05, 4.69) is 10.2 Å². The zero-order valence-electron chi connectivity index (χ0n) is 16.9. The molecule has 7 heteroatoms. The molecule has 29 heavy (non-hydrogen) atoms. The van der Waals surface area contributed by atoms with E-state index in [1.807, 2.05) is 37.3 Å². The summed E-state index contributed by atoms with van der Waals surface area (Å²) in [6.07, 6.45) is -0.734. The number of hydrogen-bond acceptors (Lipinski definition) is 6. The lowest BCUT2D eigenvalue weighted by atomic mass is 10.1. The standard InChI is InChI=1S/C22H26N2O5/c1-15-4-7-18(8-5-15)29-16(2)21(25)23-20-9-6-17(14-19(20)22(26)27-3)24-10-12-28-13-11-24/h4-9,14,16H,10-13H2,1-3H3,(H,23,25). The molecule has 2 aromatic rings. The molecule has 1 heterocycles. The van der Waals surface area contributed by atoms with Gasteiger partial charge in [0.1, 0.15) is 5.75 Å². The van der Waals surface area contributed by atoms with Gasteiger partial charge in [-0.25, -0.2) is 4.79 Å². The highest BCUT2D eigenvalue weighted by Crippen LogP contribution is 2.25. The number of carbonyl (C=O) groups excluding carboxylic acids is 2. The van der Waals surface area contributed by atoms with Crippen LogP contribution in [0.4, 0.5) is 11.4 Å². The van der Waals surface area contributed by atoms with Crippen molar-refractivity contribution in [3.05, 3.63) is 53.6 Å². The van der Waals surface area contributed by atoms with Crippen LogP contribution in [0.3, 0.4) is 0 Å². The van der Waals surface area contributed by atoms with Gasteiger partial charge in [-0.05, 0) is 44.2 Å². The summed E-state index contributed by atoms with van der Waals surface area (Å²) in [5, 5.41) is 2.78.